The van der Waals surface area contributed by atoms with Gasteiger partial charge < -0.3 is 53.8 Å². The van der Waals surface area contributed by atoms with Crippen molar-refractivity contribution in [1.29, 1.82) is 0 Å². The third kappa shape index (κ3) is 24.7. The minimum absolute atomic E-state index is 0.0658. The highest BCUT2D eigenvalue weighted by atomic mass is 16.6. The van der Waals surface area contributed by atoms with Crippen LogP contribution in [0, 0.1) is 23.7 Å². The maximum Gasteiger partial charge on any atom is 0.243 e. The van der Waals surface area contributed by atoms with Gasteiger partial charge in [-0.1, -0.05) is 41.5 Å². The van der Waals surface area contributed by atoms with Gasteiger partial charge in [-0.25, -0.2) is 0 Å². The lowest BCUT2D eigenvalue weighted by Gasteiger charge is -2.24. The summed E-state index contributed by atoms with van der Waals surface area (Å²) < 4.78 is 43.7. The fraction of sp³-hybridized carbons (Fsp3) is 0.850. The van der Waals surface area contributed by atoms with E-state index in [4.69, 9.17) is 37.9 Å². The largest absolute Gasteiger partial charge is 0.379 e. The molecule has 3 N–H and O–H groups in total. The highest BCUT2D eigenvalue weighted by Crippen LogP contribution is 2.26. The summed E-state index contributed by atoms with van der Waals surface area (Å²) in [5.74, 6) is -1.93. The van der Waals surface area contributed by atoms with Crippen molar-refractivity contribution in [3.05, 3.63) is 0 Å². The molecular weight excluding hydrogens is 760 g/mol. The van der Waals surface area contributed by atoms with Crippen molar-refractivity contribution in [2.45, 2.75) is 79.8 Å². The number of hydrogen-bond donors (Lipinski definition) is 3. The Morgan fingerprint density at radius 1 is 0.586 bits per heavy atom. The summed E-state index contributed by atoms with van der Waals surface area (Å²) in [5, 5.41) is 8.16. The van der Waals surface area contributed by atoms with E-state index in [0.29, 0.717) is 106 Å². The quantitative estimate of drug-likeness (QED) is 0.0587. The minimum Gasteiger partial charge on any atom is -0.379 e. The van der Waals surface area contributed by atoms with Gasteiger partial charge in [0.15, 0.2) is 5.78 Å². The van der Waals surface area contributed by atoms with Gasteiger partial charge in [0.05, 0.1) is 112 Å². The van der Waals surface area contributed by atoms with E-state index in [9.17, 15) is 28.8 Å². The van der Waals surface area contributed by atoms with Gasteiger partial charge in [-0.15, -0.1) is 0 Å². The van der Waals surface area contributed by atoms with Gasteiger partial charge >= 0.3 is 0 Å². The van der Waals surface area contributed by atoms with Crippen LogP contribution >= 0.6 is 0 Å². The van der Waals surface area contributed by atoms with E-state index in [2.05, 4.69) is 16.0 Å². The molecule has 0 spiro atoms. The number of ketones is 1. The molecule has 0 bridgehead atoms. The number of nitrogens with zero attached hydrogens (tertiary/aromatic N) is 1. The van der Waals surface area contributed by atoms with Crippen LogP contribution in [0.3, 0.4) is 0 Å². The maximum atomic E-state index is 12.6. The molecule has 1 aliphatic heterocycles. The standard InChI is InChI=1S/C40H72N4O14/c1-29(2)33-28-36(47)44(40(33)50)11-8-34(45)41-10-13-52-15-17-54-19-21-56-23-25-58-27-26-57-24-22-55-20-18-53-16-14-51-12-9-35(46)43-37(30(3)4)39(49)42-32(7)38(48)31(5)6/h29-33,37H,8-28H2,1-7H3,(H,41,45)(H,42,49)(H,43,46)/t32-,33?,37-/m0/s1. The topological polar surface area (TPSA) is 216 Å². The average molecular weight is 833 g/mol. The summed E-state index contributed by atoms with van der Waals surface area (Å²) in [7, 11) is 0. The van der Waals surface area contributed by atoms with Gasteiger partial charge in [0.25, 0.3) is 0 Å². The Hall–Kier alpha value is -3.10. The number of hydrogen-bond acceptors (Lipinski definition) is 14. The molecule has 1 heterocycles. The summed E-state index contributed by atoms with van der Waals surface area (Å²) in [6, 6.07) is -1.37. The van der Waals surface area contributed by atoms with E-state index in [1.165, 1.54) is 4.90 Å². The number of likely N-dealkylation sites (tertiary alicyclic amines) is 1. The summed E-state index contributed by atoms with van der Waals surface area (Å²) in [6.07, 6.45) is 0.387. The lowest BCUT2D eigenvalue weighted by molar-refractivity contribution is -0.140. The first-order valence-electron chi connectivity index (χ1n) is 20.6. The summed E-state index contributed by atoms with van der Waals surface area (Å²) in [6.45, 7) is 19.3. The highest BCUT2D eigenvalue weighted by molar-refractivity contribution is 6.03. The molecule has 3 atom stereocenters. The van der Waals surface area contributed by atoms with E-state index in [1.807, 2.05) is 27.7 Å². The number of amides is 5. The lowest BCUT2D eigenvalue weighted by atomic mass is 9.94. The first-order chi connectivity index (χ1) is 27.8. The normalized spacial score (nSPS) is 15.4. The van der Waals surface area contributed by atoms with Gasteiger partial charge in [-0.2, -0.15) is 0 Å². The molecule has 0 aliphatic carbocycles. The zero-order valence-electron chi connectivity index (χ0n) is 36.0. The van der Waals surface area contributed by atoms with Crippen LogP contribution in [0.25, 0.3) is 0 Å². The molecule has 1 saturated heterocycles. The zero-order valence-corrected chi connectivity index (χ0v) is 36.0. The fourth-order valence-corrected chi connectivity index (χ4v) is 5.49. The number of imide groups is 1. The van der Waals surface area contributed by atoms with Crippen molar-refractivity contribution in [3.8, 4) is 0 Å². The molecule has 18 heteroatoms. The molecule has 5 amide bonds. The van der Waals surface area contributed by atoms with E-state index in [1.54, 1.807) is 20.8 Å². The number of nitrogens with one attached hydrogen (secondary N) is 3. The van der Waals surface area contributed by atoms with E-state index in [-0.39, 0.29) is 91.4 Å². The molecular formula is C40H72N4O14. The first kappa shape index (κ1) is 52.9. The minimum atomic E-state index is -0.745. The molecule has 1 fully saturated rings. The van der Waals surface area contributed by atoms with Gasteiger partial charge in [0.2, 0.25) is 29.5 Å². The van der Waals surface area contributed by atoms with Crippen molar-refractivity contribution in [1.82, 2.24) is 20.9 Å². The van der Waals surface area contributed by atoms with Crippen molar-refractivity contribution < 1.29 is 66.7 Å². The van der Waals surface area contributed by atoms with Gasteiger partial charge in [-0.05, 0) is 18.8 Å². The maximum absolute atomic E-state index is 12.6. The predicted molar refractivity (Wildman–Crippen MR) is 213 cm³/mol. The molecule has 336 valence electrons. The van der Waals surface area contributed by atoms with Crippen LogP contribution in [-0.4, -0.2) is 171 Å². The van der Waals surface area contributed by atoms with Crippen LogP contribution in [0.5, 0.6) is 0 Å². The molecule has 0 aromatic heterocycles. The molecule has 1 unspecified atom stereocenters. The molecule has 0 radical (unpaired) electrons. The number of Topliss-reactive ketones (excluding diaryl/α,β-unsaturated/α-hetero) is 1. The first-order valence-corrected chi connectivity index (χ1v) is 20.6. The van der Waals surface area contributed by atoms with Crippen LogP contribution in [0.2, 0.25) is 0 Å². The summed E-state index contributed by atoms with van der Waals surface area (Å²) in [4.78, 5) is 74.7. The van der Waals surface area contributed by atoms with Crippen LogP contribution in [-0.2, 0) is 66.7 Å². The Morgan fingerprint density at radius 3 is 1.41 bits per heavy atom. The monoisotopic (exact) mass is 833 g/mol. The van der Waals surface area contributed by atoms with Gasteiger partial charge in [-0.3, -0.25) is 33.7 Å². The predicted octanol–water partition coefficient (Wildman–Crippen LogP) is 0.917. The third-order valence-electron chi connectivity index (χ3n) is 8.91. The number of ether oxygens (including phenoxy) is 8. The van der Waals surface area contributed by atoms with E-state index < -0.39 is 12.1 Å². The Morgan fingerprint density at radius 2 is 1.02 bits per heavy atom. The van der Waals surface area contributed by atoms with Crippen molar-refractivity contribution >= 4 is 35.3 Å². The highest BCUT2D eigenvalue weighted by Gasteiger charge is 2.39. The molecule has 58 heavy (non-hydrogen) atoms. The summed E-state index contributed by atoms with van der Waals surface area (Å²) in [5.41, 5.74) is 0. The Kier molecular flexibility index (Phi) is 29.8. The number of carbonyl (C=O) groups excluding carboxylic acids is 6. The Bertz CT molecular complexity index is 1190. The van der Waals surface area contributed by atoms with Crippen molar-refractivity contribution in [2.24, 2.45) is 23.7 Å². The second kappa shape index (κ2) is 32.7. The lowest BCUT2D eigenvalue weighted by Crippen LogP contribution is -2.53. The second-order valence-corrected chi connectivity index (χ2v) is 14.8. The van der Waals surface area contributed by atoms with E-state index >= 15 is 0 Å². The SMILES string of the molecule is CC(C)C(=O)[C@H](C)NC(=O)[C@@H](NC(=O)CCOCCOCCOCCOCCOCCOCCOCCOCCNC(=O)CCN1C(=O)CC(C(C)C)C1=O)C(C)C. The third-order valence-corrected chi connectivity index (χ3v) is 8.91. The van der Waals surface area contributed by atoms with E-state index in [0.717, 1.165) is 0 Å². The number of carbonyl (C=O) groups is 6. The summed E-state index contributed by atoms with van der Waals surface area (Å²) >= 11 is 0. The molecule has 18 nitrogen and oxygen atoms in total. The van der Waals surface area contributed by atoms with Crippen LogP contribution in [0.15, 0.2) is 0 Å². The second-order valence-electron chi connectivity index (χ2n) is 14.8. The molecule has 1 rings (SSSR count). The smallest absolute Gasteiger partial charge is 0.243 e. The molecule has 0 saturated carbocycles. The Labute approximate surface area is 344 Å². The molecule has 0 aromatic carbocycles. The van der Waals surface area contributed by atoms with Crippen molar-refractivity contribution in [3.63, 3.8) is 0 Å². The Balaban J connectivity index is 1.82. The molecule has 1 aliphatic rings. The van der Waals surface area contributed by atoms with Gasteiger partial charge in [0.1, 0.15) is 6.04 Å². The van der Waals surface area contributed by atoms with Crippen LogP contribution in [0.1, 0.15) is 67.7 Å². The van der Waals surface area contributed by atoms with Crippen LogP contribution in [0.4, 0.5) is 0 Å². The zero-order chi connectivity index (χ0) is 43.1. The van der Waals surface area contributed by atoms with Gasteiger partial charge in [0, 0.05) is 44.2 Å². The fourth-order valence-electron chi connectivity index (χ4n) is 5.49. The van der Waals surface area contributed by atoms with Crippen molar-refractivity contribution in [2.75, 3.05) is 119 Å². The number of rotatable bonds is 37. The average Bonchev–Trinajstić information content (AvgIpc) is 3.47. The molecule has 0 aromatic rings. The van der Waals surface area contributed by atoms with Crippen LogP contribution < -0.4 is 16.0 Å².